The average molecular weight is 451 g/mol. The van der Waals surface area contributed by atoms with Crippen LogP contribution >= 0.6 is 23.2 Å². The Morgan fingerprint density at radius 3 is 2.40 bits per heavy atom. The number of carbonyl (C=O) groups is 2. The van der Waals surface area contributed by atoms with Crippen LogP contribution in [-0.2, 0) is 11.3 Å². The van der Waals surface area contributed by atoms with Gasteiger partial charge in [-0.3, -0.25) is 19.7 Å². The molecule has 0 saturated carbocycles. The Morgan fingerprint density at radius 1 is 1.10 bits per heavy atom. The van der Waals surface area contributed by atoms with Crippen molar-refractivity contribution in [2.75, 3.05) is 31.1 Å². The zero-order valence-electron chi connectivity index (χ0n) is 16.2. The van der Waals surface area contributed by atoms with E-state index < -0.39 is 10.8 Å². The van der Waals surface area contributed by atoms with Crippen LogP contribution in [0.2, 0.25) is 10.0 Å². The second kappa shape index (κ2) is 9.32. The Morgan fingerprint density at radius 2 is 1.80 bits per heavy atom. The average Bonchev–Trinajstić information content (AvgIpc) is 2.72. The Labute approximate surface area is 183 Å². The molecule has 10 heteroatoms. The highest BCUT2D eigenvalue weighted by Gasteiger charge is 2.25. The molecule has 0 radical (unpaired) electrons. The molecule has 0 unspecified atom stereocenters. The van der Waals surface area contributed by atoms with Crippen molar-refractivity contribution >= 4 is 46.4 Å². The van der Waals surface area contributed by atoms with E-state index in [2.05, 4.69) is 5.32 Å². The van der Waals surface area contributed by atoms with Crippen LogP contribution in [0.15, 0.2) is 36.4 Å². The fourth-order valence-electron chi connectivity index (χ4n) is 3.28. The summed E-state index contributed by atoms with van der Waals surface area (Å²) in [6.07, 6.45) is 0. The Balaban J connectivity index is 1.73. The van der Waals surface area contributed by atoms with Crippen LogP contribution in [0.1, 0.15) is 22.8 Å². The van der Waals surface area contributed by atoms with E-state index in [9.17, 15) is 19.7 Å². The molecule has 3 rings (SSSR count). The quantitative estimate of drug-likeness (QED) is 0.555. The summed E-state index contributed by atoms with van der Waals surface area (Å²) in [5.41, 5.74) is 1.14. The molecular formula is C20H20Cl2N4O4. The molecule has 0 atom stereocenters. The van der Waals surface area contributed by atoms with Gasteiger partial charge in [0.25, 0.3) is 11.6 Å². The molecule has 1 fully saturated rings. The SMILES string of the molecule is CC(=O)N1CCN(c2ccc(C(=O)NCc3ccc(Cl)cc3Cl)cc2[N+](=O)[O-])CC1. The zero-order chi connectivity index (χ0) is 21.8. The third-order valence-corrected chi connectivity index (χ3v) is 5.54. The van der Waals surface area contributed by atoms with Gasteiger partial charge in [0.15, 0.2) is 0 Å². The first-order valence-electron chi connectivity index (χ1n) is 9.27. The van der Waals surface area contributed by atoms with E-state index in [-0.39, 0.29) is 23.7 Å². The maximum Gasteiger partial charge on any atom is 0.293 e. The number of amides is 2. The van der Waals surface area contributed by atoms with Crippen molar-refractivity contribution in [3.8, 4) is 0 Å². The zero-order valence-corrected chi connectivity index (χ0v) is 17.7. The highest BCUT2D eigenvalue weighted by atomic mass is 35.5. The second-order valence-corrected chi connectivity index (χ2v) is 7.72. The summed E-state index contributed by atoms with van der Waals surface area (Å²) < 4.78 is 0. The highest BCUT2D eigenvalue weighted by Crippen LogP contribution is 2.30. The van der Waals surface area contributed by atoms with Gasteiger partial charge in [-0.05, 0) is 29.8 Å². The van der Waals surface area contributed by atoms with E-state index in [0.717, 1.165) is 0 Å². The smallest absolute Gasteiger partial charge is 0.293 e. The molecule has 0 aliphatic carbocycles. The van der Waals surface area contributed by atoms with Crippen LogP contribution in [-0.4, -0.2) is 47.8 Å². The van der Waals surface area contributed by atoms with Crippen molar-refractivity contribution < 1.29 is 14.5 Å². The standard InChI is InChI=1S/C20H20Cl2N4O4/c1-13(27)24-6-8-25(9-7-24)18-5-3-14(10-19(18)26(29)30)20(28)23-12-15-2-4-16(21)11-17(15)22/h2-5,10-11H,6-9,12H2,1H3,(H,23,28). The summed E-state index contributed by atoms with van der Waals surface area (Å²) >= 11 is 12.0. The number of nitro groups is 1. The molecule has 8 nitrogen and oxygen atoms in total. The third-order valence-electron chi connectivity index (χ3n) is 4.95. The van der Waals surface area contributed by atoms with Gasteiger partial charge in [-0.1, -0.05) is 29.3 Å². The third kappa shape index (κ3) is 5.01. The lowest BCUT2D eigenvalue weighted by molar-refractivity contribution is -0.384. The number of nitro benzene ring substituents is 1. The molecule has 2 aromatic carbocycles. The lowest BCUT2D eigenvalue weighted by Crippen LogP contribution is -2.48. The van der Waals surface area contributed by atoms with Crippen LogP contribution < -0.4 is 10.2 Å². The van der Waals surface area contributed by atoms with Gasteiger partial charge in [-0.15, -0.1) is 0 Å². The molecule has 158 valence electrons. The van der Waals surface area contributed by atoms with Gasteiger partial charge < -0.3 is 15.1 Å². The van der Waals surface area contributed by atoms with Crippen LogP contribution in [0.4, 0.5) is 11.4 Å². The van der Waals surface area contributed by atoms with Crippen molar-refractivity contribution in [1.29, 1.82) is 0 Å². The Kier molecular flexibility index (Phi) is 6.79. The first-order chi connectivity index (χ1) is 14.3. The van der Waals surface area contributed by atoms with Crippen molar-refractivity contribution in [2.45, 2.75) is 13.5 Å². The minimum atomic E-state index is -0.500. The monoisotopic (exact) mass is 450 g/mol. The number of hydrogen-bond donors (Lipinski definition) is 1. The lowest BCUT2D eigenvalue weighted by atomic mass is 10.1. The van der Waals surface area contributed by atoms with Crippen LogP contribution in [0.5, 0.6) is 0 Å². The number of piperazine rings is 1. The summed E-state index contributed by atoms with van der Waals surface area (Å²) in [6, 6.07) is 9.35. The maximum absolute atomic E-state index is 12.5. The van der Waals surface area contributed by atoms with E-state index in [4.69, 9.17) is 23.2 Å². The number of nitrogens with one attached hydrogen (secondary N) is 1. The Bertz CT molecular complexity index is 991. The molecule has 1 aliphatic rings. The lowest BCUT2D eigenvalue weighted by Gasteiger charge is -2.35. The van der Waals surface area contributed by atoms with Crippen LogP contribution in [0, 0.1) is 10.1 Å². The maximum atomic E-state index is 12.5. The molecule has 1 aliphatic heterocycles. The van der Waals surface area contributed by atoms with Crippen molar-refractivity contribution in [3.05, 3.63) is 67.7 Å². The topological polar surface area (TPSA) is 95.8 Å². The molecule has 2 amide bonds. The number of anilines is 1. The predicted molar refractivity (Wildman–Crippen MR) is 115 cm³/mol. The number of benzene rings is 2. The van der Waals surface area contributed by atoms with Gasteiger partial charge in [0.2, 0.25) is 5.91 Å². The molecule has 1 saturated heterocycles. The van der Waals surface area contributed by atoms with Crippen molar-refractivity contribution in [1.82, 2.24) is 10.2 Å². The fourth-order valence-corrected chi connectivity index (χ4v) is 3.76. The first-order valence-corrected chi connectivity index (χ1v) is 10.0. The molecule has 0 bridgehead atoms. The number of halogens is 2. The number of carbonyl (C=O) groups excluding carboxylic acids is 2. The number of rotatable bonds is 5. The molecule has 30 heavy (non-hydrogen) atoms. The van der Waals surface area contributed by atoms with E-state index in [1.807, 2.05) is 4.90 Å². The molecular weight excluding hydrogens is 431 g/mol. The van der Waals surface area contributed by atoms with Gasteiger partial charge >= 0.3 is 0 Å². The van der Waals surface area contributed by atoms with E-state index in [1.54, 1.807) is 35.2 Å². The molecule has 0 spiro atoms. The van der Waals surface area contributed by atoms with Gasteiger partial charge in [0.05, 0.1) is 4.92 Å². The predicted octanol–water partition coefficient (Wildman–Crippen LogP) is 3.50. The summed E-state index contributed by atoms with van der Waals surface area (Å²) in [5.74, 6) is -0.464. The molecule has 0 aromatic heterocycles. The normalized spacial score (nSPS) is 13.8. The summed E-state index contributed by atoms with van der Waals surface area (Å²) in [6.45, 7) is 3.63. The highest BCUT2D eigenvalue weighted by molar-refractivity contribution is 6.35. The number of nitrogens with zero attached hydrogens (tertiary/aromatic N) is 3. The van der Waals surface area contributed by atoms with Crippen LogP contribution in [0.3, 0.4) is 0 Å². The fraction of sp³-hybridized carbons (Fsp3) is 0.300. The summed E-state index contributed by atoms with van der Waals surface area (Å²) in [5, 5.41) is 15.2. The summed E-state index contributed by atoms with van der Waals surface area (Å²) in [4.78, 5) is 38.7. The van der Waals surface area contributed by atoms with Gasteiger partial charge in [-0.25, -0.2) is 0 Å². The molecule has 1 N–H and O–H groups in total. The second-order valence-electron chi connectivity index (χ2n) is 6.87. The first kappa shape index (κ1) is 21.9. The van der Waals surface area contributed by atoms with Gasteiger partial charge in [0, 0.05) is 61.3 Å². The van der Waals surface area contributed by atoms with Crippen LogP contribution in [0.25, 0.3) is 0 Å². The van der Waals surface area contributed by atoms with Crippen molar-refractivity contribution in [3.63, 3.8) is 0 Å². The van der Waals surface area contributed by atoms with Gasteiger partial charge in [-0.2, -0.15) is 0 Å². The summed E-state index contributed by atoms with van der Waals surface area (Å²) in [7, 11) is 0. The molecule has 2 aromatic rings. The Hall–Kier alpha value is -2.84. The molecule has 1 heterocycles. The minimum Gasteiger partial charge on any atom is -0.362 e. The van der Waals surface area contributed by atoms with E-state index in [1.165, 1.54) is 13.0 Å². The van der Waals surface area contributed by atoms with Crippen molar-refractivity contribution in [2.24, 2.45) is 0 Å². The minimum absolute atomic E-state index is 0.0167. The van der Waals surface area contributed by atoms with Gasteiger partial charge in [0.1, 0.15) is 5.69 Å². The number of hydrogen-bond acceptors (Lipinski definition) is 5. The van der Waals surface area contributed by atoms with E-state index in [0.29, 0.717) is 47.5 Å². The van der Waals surface area contributed by atoms with E-state index >= 15 is 0 Å². The largest absolute Gasteiger partial charge is 0.362 e.